The largest absolute Gasteiger partial charge is 0.416 e. The lowest BCUT2D eigenvalue weighted by Gasteiger charge is -2.33. The standard InChI is InChI=1S/C30H38N6O3S/c1-22-4-3-12-35(19-22)20-24-5-7-25(8-6-24)29(37)33-26-9-10-28(31-18-26)39-30(38)36-16-14-34(15-17-36)13-11-27-21-40-23(2)32-27/h5-10,18,21-22H,3-4,11-17,19-20H2,1-2H3,(H,33,37). The third-order valence-corrected chi connectivity index (χ3v) is 8.35. The summed E-state index contributed by atoms with van der Waals surface area (Å²) in [6.07, 6.45) is 4.58. The first-order chi connectivity index (χ1) is 19.4. The molecule has 0 radical (unpaired) electrons. The Hall–Kier alpha value is -3.34. The van der Waals surface area contributed by atoms with Gasteiger partial charge in [0.25, 0.3) is 5.91 Å². The maximum atomic E-state index is 12.7. The summed E-state index contributed by atoms with van der Waals surface area (Å²) >= 11 is 1.68. The first-order valence-electron chi connectivity index (χ1n) is 14.1. The van der Waals surface area contributed by atoms with Crippen molar-refractivity contribution in [2.75, 3.05) is 51.1 Å². The fraction of sp³-hybridized carbons (Fsp3) is 0.467. The van der Waals surface area contributed by atoms with Crippen LogP contribution < -0.4 is 10.1 Å². The molecule has 9 nitrogen and oxygen atoms in total. The van der Waals surface area contributed by atoms with Crippen LogP contribution in [-0.4, -0.2) is 82.5 Å². The summed E-state index contributed by atoms with van der Waals surface area (Å²) in [6, 6.07) is 11.1. The fourth-order valence-electron chi connectivity index (χ4n) is 5.27. The maximum Gasteiger partial charge on any atom is 0.416 e. The van der Waals surface area contributed by atoms with Crippen LogP contribution >= 0.6 is 11.3 Å². The van der Waals surface area contributed by atoms with Crippen LogP contribution in [0.5, 0.6) is 5.88 Å². The lowest BCUT2D eigenvalue weighted by molar-refractivity contribution is 0.102. The summed E-state index contributed by atoms with van der Waals surface area (Å²) in [5.41, 5.74) is 3.48. The molecule has 4 heterocycles. The van der Waals surface area contributed by atoms with E-state index in [1.54, 1.807) is 28.4 Å². The molecule has 0 bridgehead atoms. The van der Waals surface area contributed by atoms with E-state index in [0.717, 1.165) is 62.3 Å². The number of hydrogen-bond donors (Lipinski definition) is 1. The predicted octanol–water partition coefficient (Wildman–Crippen LogP) is 4.69. The second kappa shape index (κ2) is 13.3. The van der Waals surface area contributed by atoms with E-state index >= 15 is 0 Å². The zero-order valence-corrected chi connectivity index (χ0v) is 24.2. The molecule has 2 aliphatic heterocycles. The van der Waals surface area contributed by atoms with Gasteiger partial charge in [-0.05, 0) is 56.0 Å². The normalized spacial score (nSPS) is 18.4. The number of aromatic nitrogens is 2. The van der Waals surface area contributed by atoms with Gasteiger partial charge in [-0.2, -0.15) is 0 Å². The van der Waals surface area contributed by atoms with Gasteiger partial charge in [-0.1, -0.05) is 19.1 Å². The molecule has 0 spiro atoms. The van der Waals surface area contributed by atoms with Crippen LogP contribution in [0.4, 0.5) is 10.5 Å². The van der Waals surface area contributed by atoms with E-state index in [-0.39, 0.29) is 11.8 Å². The number of hydrogen-bond acceptors (Lipinski definition) is 8. The van der Waals surface area contributed by atoms with Crippen molar-refractivity contribution in [1.82, 2.24) is 24.7 Å². The first kappa shape index (κ1) is 28.2. The minimum absolute atomic E-state index is 0.201. The Bertz CT molecular complexity index is 1270. The van der Waals surface area contributed by atoms with Gasteiger partial charge in [0.2, 0.25) is 5.88 Å². The highest BCUT2D eigenvalue weighted by molar-refractivity contribution is 7.09. The van der Waals surface area contributed by atoms with Gasteiger partial charge in [0.15, 0.2) is 0 Å². The molecule has 10 heteroatoms. The van der Waals surface area contributed by atoms with Crippen LogP contribution in [0.15, 0.2) is 48.0 Å². The second-order valence-corrected chi connectivity index (χ2v) is 11.9. The lowest BCUT2D eigenvalue weighted by atomic mass is 9.99. The van der Waals surface area contributed by atoms with Crippen molar-refractivity contribution in [3.63, 3.8) is 0 Å². The minimum Gasteiger partial charge on any atom is -0.391 e. The minimum atomic E-state index is -0.404. The molecular weight excluding hydrogens is 524 g/mol. The highest BCUT2D eigenvalue weighted by Crippen LogP contribution is 2.19. The molecule has 40 heavy (non-hydrogen) atoms. The Morgan fingerprint density at radius 1 is 1.05 bits per heavy atom. The molecule has 5 rings (SSSR count). The molecule has 212 valence electrons. The van der Waals surface area contributed by atoms with Gasteiger partial charge in [-0.3, -0.25) is 14.6 Å². The smallest absolute Gasteiger partial charge is 0.391 e. The number of likely N-dealkylation sites (tertiary alicyclic amines) is 1. The number of nitrogens with zero attached hydrogens (tertiary/aromatic N) is 5. The third-order valence-electron chi connectivity index (χ3n) is 7.53. The topological polar surface area (TPSA) is 90.9 Å². The van der Waals surface area contributed by atoms with Crippen molar-refractivity contribution in [2.24, 2.45) is 5.92 Å². The van der Waals surface area contributed by atoms with Crippen molar-refractivity contribution in [3.05, 3.63) is 69.8 Å². The SMILES string of the molecule is Cc1nc(CCN2CCN(C(=O)Oc3ccc(NC(=O)c4ccc(CN5CCCC(C)C5)cc4)cn3)CC2)cs1. The Balaban J connectivity index is 1.04. The number of benzene rings is 1. The van der Waals surface area contributed by atoms with E-state index in [1.807, 2.05) is 31.2 Å². The summed E-state index contributed by atoms with van der Waals surface area (Å²) in [7, 11) is 0. The van der Waals surface area contributed by atoms with Gasteiger partial charge >= 0.3 is 6.09 Å². The molecule has 2 aliphatic rings. The monoisotopic (exact) mass is 562 g/mol. The van der Waals surface area contributed by atoms with Crippen LogP contribution in [-0.2, 0) is 13.0 Å². The molecule has 3 aromatic rings. The number of rotatable bonds is 8. The zero-order valence-electron chi connectivity index (χ0n) is 23.3. The average Bonchev–Trinajstić information content (AvgIpc) is 3.38. The molecule has 1 N–H and O–H groups in total. The summed E-state index contributed by atoms with van der Waals surface area (Å²) < 4.78 is 5.48. The fourth-order valence-corrected chi connectivity index (χ4v) is 5.92. The molecule has 2 fully saturated rings. The van der Waals surface area contributed by atoms with E-state index in [2.05, 4.69) is 37.4 Å². The highest BCUT2D eigenvalue weighted by atomic mass is 32.1. The van der Waals surface area contributed by atoms with Crippen LogP contribution in [0.2, 0.25) is 0 Å². The number of aryl methyl sites for hydroxylation is 1. The maximum absolute atomic E-state index is 12.7. The van der Waals surface area contributed by atoms with E-state index in [0.29, 0.717) is 24.3 Å². The number of thiazole rings is 1. The molecule has 1 atom stereocenters. The van der Waals surface area contributed by atoms with Gasteiger partial charge < -0.3 is 15.0 Å². The lowest BCUT2D eigenvalue weighted by Crippen LogP contribution is -2.50. The van der Waals surface area contributed by atoms with Crippen molar-refractivity contribution >= 4 is 29.0 Å². The molecule has 0 saturated carbocycles. The zero-order chi connectivity index (χ0) is 27.9. The second-order valence-electron chi connectivity index (χ2n) is 10.8. The number of carbonyl (C=O) groups excluding carboxylic acids is 2. The predicted molar refractivity (Wildman–Crippen MR) is 157 cm³/mol. The molecular formula is C30H38N6O3S. The molecule has 0 aliphatic carbocycles. The van der Waals surface area contributed by atoms with E-state index in [4.69, 9.17) is 4.74 Å². The van der Waals surface area contributed by atoms with E-state index < -0.39 is 6.09 Å². The van der Waals surface area contributed by atoms with Crippen LogP contribution in [0.25, 0.3) is 0 Å². The summed E-state index contributed by atoms with van der Waals surface area (Å²) in [4.78, 5) is 40.6. The Labute approximate surface area is 240 Å². The molecule has 1 aromatic carbocycles. The third kappa shape index (κ3) is 7.87. The Morgan fingerprint density at radius 3 is 2.52 bits per heavy atom. The van der Waals surface area contributed by atoms with Crippen LogP contribution in [0, 0.1) is 12.8 Å². The van der Waals surface area contributed by atoms with Crippen LogP contribution in [0.1, 0.15) is 46.4 Å². The quantitative estimate of drug-likeness (QED) is 0.426. The Morgan fingerprint density at radius 2 is 1.85 bits per heavy atom. The highest BCUT2D eigenvalue weighted by Gasteiger charge is 2.23. The van der Waals surface area contributed by atoms with Crippen molar-refractivity contribution in [2.45, 2.75) is 39.7 Å². The van der Waals surface area contributed by atoms with Gasteiger partial charge in [-0.25, -0.2) is 14.8 Å². The average molecular weight is 563 g/mol. The number of anilines is 1. The van der Waals surface area contributed by atoms with Crippen molar-refractivity contribution in [1.29, 1.82) is 0 Å². The number of piperazine rings is 1. The number of piperidine rings is 1. The van der Waals surface area contributed by atoms with Gasteiger partial charge in [0.1, 0.15) is 0 Å². The molecule has 1 unspecified atom stereocenters. The van der Waals surface area contributed by atoms with E-state index in [9.17, 15) is 9.59 Å². The summed E-state index contributed by atoms with van der Waals surface area (Å²) in [6.45, 7) is 11.3. The summed E-state index contributed by atoms with van der Waals surface area (Å²) in [5, 5.41) is 6.07. The van der Waals surface area contributed by atoms with Gasteiger partial charge in [-0.15, -0.1) is 11.3 Å². The molecule has 2 amide bonds. The number of pyridine rings is 1. The van der Waals surface area contributed by atoms with Gasteiger partial charge in [0, 0.05) is 69.2 Å². The molecule has 2 aromatic heterocycles. The van der Waals surface area contributed by atoms with Crippen molar-refractivity contribution < 1.29 is 14.3 Å². The first-order valence-corrected chi connectivity index (χ1v) is 15.0. The number of amides is 2. The number of ether oxygens (including phenoxy) is 1. The summed E-state index contributed by atoms with van der Waals surface area (Å²) in [5.74, 6) is 0.751. The molecule has 2 saturated heterocycles. The van der Waals surface area contributed by atoms with Gasteiger partial charge in [0.05, 0.1) is 22.6 Å². The van der Waals surface area contributed by atoms with Crippen molar-refractivity contribution in [3.8, 4) is 5.88 Å². The number of nitrogens with one attached hydrogen (secondary N) is 1. The Kier molecular flexibility index (Phi) is 9.41. The number of carbonyl (C=O) groups is 2. The van der Waals surface area contributed by atoms with E-state index in [1.165, 1.54) is 24.6 Å². The van der Waals surface area contributed by atoms with Crippen LogP contribution in [0.3, 0.4) is 0 Å².